The lowest BCUT2D eigenvalue weighted by Crippen LogP contribution is -2.51. The highest BCUT2D eigenvalue weighted by Gasteiger charge is 2.39. The lowest BCUT2D eigenvalue weighted by Gasteiger charge is -2.34. The van der Waals surface area contributed by atoms with E-state index >= 15 is 0 Å². The first kappa shape index (κ1) is 19.4. The van der Waals surface area contributed by atoms with Crippen LogP contribution >= 0.6 is 12.4 Å². The van der Waals surface area contributed by atoms with Gasteiger partial charge in [0.15, 0.2) is 0 Å². The predicted octanol–water partition coefficient (Wildman–Crippen LogP) is 2.54. The zero-order valence-corrected chi connectivity index (χ0v) is 15.4. The number of hydrogen-bond donors (Lipinski definition) is 2. The van der Waals surface area contributed by atoms with Gasteiger partial charge in [0.2, 0.25) is 0 Å². The zero-order chi connectivity index (χ0) is 17.3. The number of carbonyl (C=O) groups excluding carboxylic acids is 1. The standard InChI is InChI=1S/C18H22N2O4.ClH/c1-11-9-16(21)24-15-8-12(2)14(10-13(11)15)20-17(22)18(23-3)4-6-19-7-5-18;/h8-10,19H,4-7H2,1-3H3,(H,20,22);1H. The van der Waals surface area contributed by atoms with E-state index in [2.05, 4.69) is 10.6 Å². The van der Waals surface area contributed by atoms with Crippen molar-refractivity contribution < 1.29 is 13.9 Å². The molecular formula is C18H23ClN2O4. The van der Waals surface area contributed by atoms with Gasteiger partial charge in [-0.15, -0.1) is 12.4 Å². The number of amides is 1. The summed E-state index contributed by atoms with van der Waals surface area (Å²) in [5, 5.41) is 7.05. The van der Waals surface area contributed by atoms with Crippen LogP contribution in [0.25, 0.3) is 11.0 Å². The highest BCUT2D eigenvalue weighted by Crippen LogP contribution is 2.28. The number of fused-ring (bicyclic) bond motifs is 1. The van der Waals surface area contributed by atoms with Gasteiger partial charge in [-0.25, -0.2) is 4.79 Å². The van der Waals surface area contributed by atoms with E-state index in [0.717, 1.165) is 29.6 Å². The lowest BCUT2D eigenvalue weighted by molar-refractivity contribution is -0.140. The fraction of sp³-hybridized carbons (Fsp3) is 0.444. The van der Waals surface area contributed by atoms with E-state index in [1.54, 1.807) is 13.2 Å². The van der Waals surface area contributed by atoms with Gasteiger partial charge in [0.25, 0.3) is 5.91 Å². The number of aryl methyl sites for hydroxylation is 2. The summed E-state index contributed by atoms with van der Waals surface area (Å²) >= 11 is 0. The van der Waals surface area contributed by atoms with Crippen LogP contribution in [0.15, 0.2) is 27.4 Å². The van der Waals surface area contributed by atoms with E-state index in [9.17, 15) is 9.59 Å². The molecule has 0 unspecified atom stereocenters. The molecule has 1 amide bonds. The van der Waals surface area contributed by atoms with E-state index < -0.39 is 5.60 Å². The Balaban J connectivity index is 0.00000225. The molecule has 7 heteroatoms. The van der Waals surface area contributed by atoms with Gasteiger partial charge in [-0.3, -0.25) is 4.79 Å². The molecule has 3 rings (SSSR count). The predicted molar refractivity (Wildman–Crippen MR) is 99.7 cm³/mol. The molecule has 0 spiro atoms. The van der Waals surface area contributed by atoms with E-state index in [0.29, 0.717) is 24.1 Å². The molecule has 0 radical (unpaired) electrons. The van der Waals surface area contributed by atoms with Crippen LogP contribution < -0.4 is 16.3 Å². The minimum absolute atomic E-state index is 0. The number of anilines is 1. The van der Waals surface area contributed by atoms with E-state index in [4.69, 9.17) is 9.15 Å². The van der Waals surface area contributed by atoms with Crippen molar-refractivity contribution in [2.24, 2.45) is 0 Å². The van der Waals surface area contributed by atoms with Crippen LogP contribution in [0.3, 0.4) is 0 Å². The Morgan fingerprint density at radius 1 is 1.20 bits per heavy atom. The topological polar surface area (TPSA) is 80.6 Å². The van der Waals surface area contributed by atoms with Crippen molar-refractivity contribution >= 4 is 35.0 Å². The quantitative estimate of drug-likeness (QED) is 0.816. The number of hydrogen-bond acceptors (Lipinski definition) is 5. The second-order valence-electron chi connectivity index (χ2n) is 6.31. The van der Waals surface area contributed by atoms with Crippen molar-refractivity contribution in [3.8, 4) is 0 Å². The minimum atomic E-state index is -0.801. The third-order valence-corrected chi connectivity index (χ3v) is 4.76. The number of piperidine rings is 1. The molecule has 0 bridgehead atoms. The number of halogens is 1. The Morgan fingerprint density at radius 3 is 2.52 bits per heavy atom. The molecule has 136 valence electrons. The molecule has 1 aliphatic heterocycles. The highest BCUT2D eigenvalue weighted by molar-refractivity contribution is 6.00. The van der Waals surface area contributed by atoms with Crippen LogP contribution in [0.4, 0.5) is 5.69 Å². The van der Waals surface area contributed by atoms with Gasteiger partial charge in [0, 0.05) is 24.2 Å². The molecule has 0 atom stereocenters. The first-order chi connectivity index (χ1) is 11.4. The Morgan fingerprint density at radius 2 is 1.88 bits per heavy atom. The number of nitrogens with one attached hydrogen (secondary N) is 2. The van der Waals surface area contributed by atoms with Gasteiger partial charge < -0.3 is 19.8 Å². The van der Waals surface area contributed by atoms with Crippen LogP contribution in [-0.2, 0) is 9.53 Å². The maximum atomic E-state index is 12.8. The molecule has 2 N–H and O–H groups in total. The second kappa shape index (κ2) is 7.56. The molecule has 2 heterocycles. The summed E-state index contributed by atoms with van der Waals surface area (Å²) in [6.45, 7) is 5.23. The molecule has 1 aromatic heterocycles. The van der Waals surface area contributed by atoms with Crippen LogP contribution in [0.2, 0.25) is 0 Å². The molecule has 1 saturated heterocycles. The van der Waals surface area contributed by atoms with Crippen molar-refractivity contribution in [3.63, 3.8) is 0 Å². The maximum Gasteiger partial charge on any atom is 0.336 e. The Bertz CT molecular complexity index is 841. The summed E-state index contributed by atoms with van der Waals surface area (Å²) in [6.07, 6.45) is 1.27. The summed E-state index contributed by atoms with van der Waals surface area (Å²) < 4.78 is 10.8. The number of methoxy groups -OCH3 is 1. The van der Waals surface area contributed by atoms with Gasteiger partial charge in [0.05, 0.1) is 0 Å². The van der Waals surface area contributed by atoms with Gasteiger partial charge in [-0.2, -0.15) is 0 Å². The molecule has 25 heavy (non-hydrogen) atoms. The number of rotatable bonds is 3. The average molecular weight is 367 g/mol. The highest BCUT2D eigenvalue weighted by atomic mass is 35.5. The monoisotopic (exact) mass is 366 g/mol. The summed E-state index contributed by atoms with van der Waals surface area (Å²) in [4.78, 5) is 24.3. The van der Waals surface area contributed by atoms with Gasteiger partial charge in [-0.05, 0) is 63.0 Å². The Hall–Kier alpha value is -1.89. The molecule has 1 aromatic carbocycles. The van der Waals surface area contributed by atoms with Crippen molar-refractivity contribution in [1.82, 2.24) is 5.32 Å². The fourth-order valence-corrected chi connectivity index (χ4v) is 3.19. The SMILES string of the molecule is COC1(C(=O)Nc2cc3c(C)cc(=O)oc3cc2C)CCNCC1.Cl. The average Bonchev–Trinajstić information content (AvgIpc) is 2.56. The summed E-state index contributed by atoms with van der Waals surface area (Å²) in [5.74, 6) is -0.135. The van der Waals surface area contributed by atoms with Gasteiger partial charge >= 0.3 is 5.63 Å². The number of benzene rings is 1. The van der Waals surface area contributed by atoms with Crippen molar-refractivity contribution in [2.45, 2.75) is 32.3 Å². The summed E-state index contributed by atoms with van der Waals surface area (Å²) in [5.41, 5.74) is 1.72. The lowest BCUT2D eigenvalue weighted by atomic mass is 9.91. The molecule has 2 aromatic rings. The summed E-state index contributed by atoms with van der Waals surface area (Å²) in [7, 11) is 1.58. The number of carbonyl (C=O) groups is 1. The molecule has 6 nitrogen and oxygen atoms in total. The molecule has 1 fully saturated rings. The smallest absolute Gasteiger partial charge is 0.336 e. The number of ether oxygens (including phenoxy) is 1. The Labute approximate surface area is 152 Å². The molecule has 1 aliphatic rings. The molecule has 0 saturated carbocycles. The molecule has 0 aliphatic carbocycles. The molecular weight excluding hydrogens is 344 g/mol. The summed E-state index contributed by atoms with van der Waals surface area (Å²) in [6, 6.07) is 5.08. The first-order valence-electron chi connectivity index (χ1n) is 8.08. The van der Waals surface area contributed by atoms with Crippen LogP contribution in [0, 0.1) is 13.8 Å². The maximum absolute atomic E-state index is 12.8. The van der Waals surface area contributed by atoms with Crippen molar-refractivity contribution in [2.75, 3.05) is 25.5 Å². The van der Waals surface area contributed by atoms with E-state index in [1.165, 1.54) is 6.07 Å². The third-order valence-electron chi connectivity index (χ3n) is 4.76. The second-order valence-corrected chi connectivity index (χ2v) is 6.31. The normalized spacial score (nSPS) is 16.3. The minimum Gasteiger partial charge on any atom is -0.423 e. The zero-order valence-electron chi connectivity index (χ0n) is 14.6. The van der Waals surface area contributed by atoms with Crippen LogP contribution in [-0.4, -0.2) is 31.7 Å². The first-order valence-corrected chi connectivity index (χ1v) is 8.08. The largest absolute Gasteiger partial charge is 0.423 e. The van der Waals surface area contributed by atoms with E-state index in [1.807, 2.05) is 19.9 Å². The third kappa shape index (κ3) is 3.71. The Kier molecular flexibility index (Phi) is 5.87. The van der Waals surface area contributed by atoms with Crippen molar-refractivity contribution in [1.29, 1.82) is 0 Å². The fourth-order valence-electron chi connectivity index (χ4n) is 3.19. The van der Waals surface area contributed by atoms with Crippen molar-refractivity contribution in [3.05, 3.63) is 39.7 Å². The van der Waals surface area contributed by atoms with Crippen LogP contribution in [0.1, 0.15) is 24.0 Å². The van der Waals surface area contributed by atoms with Gasteiger partial charge in [-0.1, -0.05) is 0 Å². The van der Waals surface area contributed by atoms with E-state index in [-0.39, 0.29) is 23.9 Å². The van der Waals surface area contributed by atoms with Crippen LogP contribution in [0.5, 0.6) is 0 Å². The van der Waals surface area contributed by atoms with Gasteiger partial charge in [0.1, 0.15) is 11.2 Å².